The van der Waals surface area contributed by atoms with Crippen LogP contribution in [0.15, 0.2) is 52.4 Å². The Bertz CT molecular complexity index is 1650. The number of likely N-dealkylation sites (tertiary alicyclic amines) is 1. The zero-order valence-electron chi connectivity index (χ0n) is 21.9. The molecule has 42 heavy (non-hydrogen) atoms. The summed E-state index contributed by atoms with van der Waals surface area (Å²) in [6, 6.07) is 7.36. The Kier molecular flexibility index (Phi) is 7.82. The number of halogens is 4. The van der Waals surface area contributed by atoms with Gasteiger partial charge in [-0.2, -0.15) is 13.2 Å². The number of alkyl halides is 3. The fourth-order valence-electron chi connectivity index (χ4n) is 4.83. The molecule has 12 nitrogen and oxygen atoms in total. The number of nitrogens with two attached hydrogens (primary N) is 2. The van der Waals surface area contributed by atoms with Crippen LogP contribution in [0.1, 0.15) is 44.8 Å². The summed E-state index contributed by atoms with van der Waals surface area (Å²) in [6.45, 7) is 1.02. The average molecular weight is 695 g/mol. The Morgan fingerprint density at radius 3 is 2.55 bits per heavy atom. The minimum absolute atomic E-state index is 0.0751. The number of hydrogen-bond acceptors (Lipinski definition) is 9. The number of benzene rings is 1. The highest BCUT2D eigenvalue weighted by Gasteiger charge is 2.40. The normalized spacial score (nSPS) is 16.2. The summed E-state index contributed by atoms with van der Waals surface area (Å²) < 4.78 is 40.8. The molecule has 2 aliphatic rings. The molecule has 5 rings (SSSR count). The number of guanidine groups is 1. The van der Waals surface area contributed by atoms with E-state index in [0.29, 0.717) is 36.2 Å². The summed E-state index contributed by atoms with van der Waals surface area (Å²) in [7, 11) is 0. The first kappa shape index (κ1) is 29.3. The van der Waals surface area contributed by atoms with Gasteiger partial charge in [0.2, 0.25) is 0 Å². The Morgan fingerprint density at radius 1 is 1.10 bits per heavy atom. The van der Waals surface area contributed by atoms with E-state index in [0.717, 1.165) is 12.1 Å². The van der Waals surface area contributed by atoms with Gasteiger partial charge >= 0.3 is 6.18 Å². The highest BCUT2D eigenvalue weighted by Crippen LogP contribution is 2.30. The van der Waals surface area contributed by atoms with E-state index in [9.17, 15) is 27.6 Å². The van der Waals surface area contributed by atoms with Crippen molar-refractivity contribution >= 4 is 52.0 Å². The molecule has 0 bridgehead atoms. The molecule has 1 spiro atoms. The standard InChI is InChI=1S/C26H25F3IN9O3/c27-26(28,29)16-3-1-2-14(10-16)11-39-12-15(4-5-17(39)40)23(42)38-8-6-25(7-9-38)13-33-24(37-25)36-22(41)18-20(31)35-21(32)19(30)34-18/h1-5,10,12H,6-9,11,13H2,(H4,31,32,35)(H2,33,36,37,41). The van der Waals surface area contributed by atoms with Crippen LogP contribution in [0.4, 0.5) is 24.8 Å². The molecular formula is C26H25F3IN9O3. The van der Waals surface area contributed by atoms with E-state index in [1.165, 1.54) is 35.0 Å². The Morgan fingerprint density at radius 2 is 1.83 bits per heavy atom. The summed E-state index contributed by atoms with van der Waals surface area (Å²) in [5.74, 6) is -0.617. The van der Waals surface area contributed by atoms with Gasteiger partial charge in [0.05, 0.1) is 29.8 Å². The van der Waals surface area contributed by atoms with Gasteiger partial charge < -0.3 is 26.3 Å². The molecule has 220 valence electrons. The fourth-order valence-corrected chi connectivity index (χ4v) is 5.20. The first-order valence-electron chi connectivity index (χ1n) is 12.7. The molecule has 6 N–H and O–H groups in total. The molecule has 2 aliphatic heterocycles. The van der Waals surface area contributed by atoms with Crippen LogP contribution in [0.3, 0.4) is 0 Å². The van der Waals surface area contributed by atoms with Crippen molar-refractivity contribution in [3.63, 3.8) is 0 Å². The molecule has 0 aliphatic carbocycles. The van der Waals surface area contributed by atoms with Gasteiger partial charge in [0, 0.05) is 25.4 Å². The highest BCUT2D eigenvalue weighted by atomic mass is 127. The van der Waals surface area contributed by atoms with E-state index in [-0.39, 0.29) is 46.9 Å². The molecule has 0 atom stereocenters. The third kappa shape index (κ3) is 6.17. The third-order valence-corrected chi connectivity index (χ3v) is 7.91. The maximum Gasteiger partial charge on any atom is 0.416 e. The molecular weight excluding hydrogens is 670 g/mol. The van der Waals surface area contributed by atoms with Crippen LogP contribution < -0.4 is 27.7 Å². The van der Waals surface area contributed by atoms with Crippen molar-refractivity contribution in [1.29, 1.82) is 0 Å². The number of hydrogen-bond donors (Lipinski definition) is 4. The lowest BCUT2D eigenvalue weighted by molar-refractivity contribution is -0.137. The molecule has 16 heteroatoms. The van der Waals surface area contributed by atoms with Crippen LogP contribution in [-0.4, -0.2) is 62.4 Å². The zero-order chi connectivity index (χ0) is 30.2. The molecule has 1 aromatic carbocycles. The second-order valence-electron chi connectivity index (χ2n) is 10.0. The smallest absolute Gasteiger partial charge is 0.382 e. The van der Waals surface area contributed by atoms with Crippen molar-refractivity contribution in [3.05, 3.63) is 79.0 Å². The molecule has 4 heterocycles. The van der Waals surface area contributed by atoms with Crippen molar-refractivity contribution in [1.82, 2.24) is 30.1 Å². The van der Waals surface area contributed by atoms with E-state index >= 15 is 0 Å². The number of piperidine rings is 1. The van der Waals surface area contributed by atoms with Crippen molar-refractivity contribution in [2.75, 3.05) is 31.1 Å². The number of anilines is 2. The van der Waals surface area contributed by atoms with E-state index in [1.54, 1.807) is 4.90 Å². The molecule has 0 saturated carbocycles. The lowest BCUT2D eigenvalue weighted by Crippen LogP contribution is -2.57. The van der Waals surface area contributed by atoms with Gasteiger partial charge in [-0.05, 0) is 59.2 Å². The molecule has 1 fully saturated rings. The van der Waals surface area contributed by atoms with Crippen LogP contribution in [-0.2, 0) is 12.7 Å². The van der Waals surface area contributed by atoms with Crippen molar-refractivity contribution < 1.29 is 22.8 Å². The summed E-state index contributed by atoms with van der Waals surface area (Å²) in [5, 5.41) is 5.90. The minimum atomic E-state index is -4.51. The SMILES string of the molecule is Nc1nc(N)c(C(=O)NC2=NCC3(CCN(C(=O)c4ccc(=O)n(Cc5cccc(C(F)(F)F)c5)c4)CC3)N2)nc1I. The van der Waals surface area contributed by atoms with Crippen molar-refractivity contribution in [2.45, 2.75) is 31.1 Å². The van der Waals surface area contributed by atoms with Gasteiger partial charge in [0.15, 0.2) is 23.3 Å². The fraction of sp³-hybridized carbons (Fsp3) is 0.308. The Labute approximate surface area is 250 Å². The Hall–Kier alpha value is -4.22. The number of rotatable bonds is 4. The van der Waals surface area contributed by atoms with Gasteiger partial charge in [-0.3, -0.25) is 24.7 Å². The Balaban J connectivity index is 1.20. The topological polar surface area (TPSA) is 174 Å². The summed E-state index contributed by atoms with van der Waals surface area (Å²) >= 11 is 1.85. The molecule has 2 amide bonds. The van der Waals surface area contributed by atoms with Gasteiger partial charge in [-0.25, -0.2) is 9.97 Å². The number of aromatic nitrogens is 3. The maximum absolute atomic E-state index is 13.3. The molecule has 2 aromatic heterocycles. The first-order chi connectivity index (χ1) is 19.8. The van der Waals surface area contributed by atoms with Crippen molar-refractivity contribution in [2.24, 2.45) is 4.99 Å². The second kappa shape index (κ2) is 11.2. The van der Waals surface area contributed by atoms with Crippen LogP contribution >= 0.6 is 22.6 Å². The number of pyridine rings is 1. The van der Waals surface area contributed by atoms with Crippen LogP contribution in [0, 0.1) is 3.70 Å². The van der Waals surface area contributed by atoms with Gasteiger partial charge in [0.25, 0.3) is 17.4 Å². The number of carbonyl (C=O) groups is 2. The van der Waals surface area contributed by atoms with E-state index in [2.05, 4.69) is 25.6 Å². The minimum Gasteiger partial charge on any atom is -0.382 e. The predicted octanol–water partition coefficient (Wildman–Crippen LogP) is 1.84. The van der Waals surface area contributed by atoms with Gasteiger partial charge in [0.1, 0.15) is 3.70 Å². The summed E-state index contributed by atoms with van der Waals surface area (Å²) in [5.41, 5.74) is 10.2. The van der Waals surface area contributed by atoms with Crippen LogP contribution in [0.5, 0.6) is 0 Å². The average Bonchev–Trinajstić information content (AvgIpc) is 3.33. The number of nitrogen functional groups attached to an aromatic ring is 2. The van der Waals surface area contributed by atoms with E-state index in [1.807, 2.05) is 22.6 Å². The molecule has 0 unspecified atom stereocenters. The van der Waals surface area contributed by atoms with Gasteiger partial charge in [-0.15, -0.1) is 0 Å². The van der Waals surface area contributed by atoms with Crippen molar-refractivity contribution in [3.8, 4) is 0 Å². The number of amides is 2. The molecule has 3 aromatic rings. The van der Waals surface area contributed by atoms with Crippen LogP contribution in [0.25, 0.3) is 0 Å². The maximum atomic E-state index is 13.3. The van der Waals surface area contributed by atoms with Gasteiger partial charge in [-0.1, -0.05) is 12.1 Å². The number of nitrogens with one attached hydrogen (secondary N) is 2. The number of aliphatic imine (C=N–C) groups is 1. The summed E-state index contributed by atoms with van der Waals surface area (Å²) in [4.78, 5) is 52.4. The zero-order valence-corrected chi connectivity index (χ0v) is 24.1. The molecule has 1 saturated heterocycles. The van der Waals surface area contributed by atoms with Crippen LogP contribution in [0.2, 0.25) is 0 Å². The number of carbonyl (C=O) groups excluding carboxylic acids is 2. The first-order valence-corrected chi connectivity index (χ1v) is 13.8. The lowest BCUT2D eigenvalue weighted by atomic mass is 9.88. The van der Waals surface area contributed by atoms with E-state index in [4.69, 9.17) is 11.5 Å². The highest BCUT2D eigenvalue weighted by molar-refractivity contribution is 14.1. The number of nitrogens with zero attached hydrogens (tertiary/aromatic N) is 5. The quantitative estimate of drug-likeness (QED) is 0.300. The monoisotopic (exact) mass is 695 g/mol. The summed E-state index contributed by atoms with van der Waals surface area (Å²) in [6.07, 6.45) is -2.07. The predicted molar refractivity (Wildman–Crippen MR) is 156 cm³/mol. The lowest BCUT2D eigenvalue weighted by Gasteiger charge is -2.39. The second-order valence-corrected chi connectivity index (χ2v) is 11.1. The van der Waals surface area contributed by atoms with E-state index < -0.39 is 28.7 Å². The largest absolute Gasteiger partial charge is 0.416 e. The molecule has 0 radical (unpaired) electrons. The third-order valence-electron chi connectivity index (χ3n) is 7.12.